The zero-order chi connectivity index (χ0) is 15.5. The van der Waals surface area contributed by atoms with Crippen molar-refractivity contribution in [1.29, 1.82) is 0 Å². The van der Waals surface area contributed by atoms with Crippen LogP contribution in [0.3, 0.4) is 0 Å². The fraction of sp³-hybridized carbons (Fsp3) is 0.769. The molecule has 1 aliphatic heterocycles. The Balaban J connectivity index is 2.04. The first-order chi connectivity index (χ1) is 9.95. The molecule has 7 nitrogen and oxygen atoms in total. The van der Waals surface area contributed by atoms with E-state index in [1.807, 2.05) is 0 Å². The molecule has 1 aromatic rings. The van der Waals surface area contributed by atoms with Gasteiger partial charge < -0.3 is 10.6 Å². The fourth-order valence-electron chi connectivity index (χ4n) is 2.62. The molecule has 1 aromatic heterocycles. The Hall–Kier alpha value is -0.960. The number of nitrogens with two attached hydrogens (primary N) is 1. The lowest BCUT2D eigenvalue weighted by molar-refractivity contribution is 0.250. The molecule has 2 heterocycles. The standard InChI is InChI=1S/C13H25N5O2S/c1-11(8-14)10-17-4-3-5-18(7-6-17)21(19,20)13-9-15-16-12(13)2/h9,11H,3-8,10,14H2,1-2H3,(H,15,16). The molecule has 0 bridgehead atoms. The number of aromatic amines is 1. The summed E-state index contributed by atoms with van der Waals surface area (Å²) in [6.45, 7) is 8.18. The van der Waals surface area contributed by atoms with Crippen LogP contribution in [0.15, 0.2) is 11.1 Å². The number of nitrogens with one attached hydrogen (secondary N) is 1. The van der Waals surface area contributed by atoms with Gasteiger partial charge in [0.1, 0.15) is 4.90 Å². The van der Waals surface area contributed by atoms with Crippen molar-refractivity contribution in [3.8, 4) is 0 Å². The van der Waals surface area contributed by atoms with E-state index in [1.165, 1.54) is 6.20 Å². The van der Waals surface area contributed by atoms with Gasteiger partial charge in [0.05, 0.1) is 11.9 Å². The van der Waals surface area contributed by atoms with Crippen molar-refractivity contribution < 1.29 is 8.42 Å². The molecule has 0 saturated carbocycles. The summed E-state index contributed by atoms with van der Waals surface area (Å²) in [5, 5.41) is 6.51. The predicted molar refractivity (Wildman–Crippen MR) is 81.4 cm³/mol. The number of hydrogen-bond donors (Lipinski definition) is 2. The quantitative estimate of drug-likeness (QED) is 0.798. The van der Waals surface area contributed by atoms with E-state index in [1.54, 1.807) is 11.2 Å². The van der Waals surface area contributed by atoms with Gasteiger partial charge in [-0.15, -0.1) is 0 Å². The van der Waals surface area contributed by atoms with Gasteiger partial charge in [-0.3, -0.25) is 5.10 Å². The number of hydrogen-bond acceptors (Lipinski definition) is 5. The highest BCUT2D eigenvalue weighted by atomic mass is 32.2. The number of H-pyrrole nitrogens is 1. The third kappa shape index (κ3) is 3.82. The Morgan fingerprint density at radius 2 is 2.14 bits per heavy atom. The largest absolute Gasteiger partial charge is 0.330 e. The maximum absolute atomic E-state index is 12.6. The molecular weight excluding hydrogens is 290 g/mol. The average Bonchev–Trinajstić information content (AvgIpc) is 2.74. The van der Waals surface area contributed by atoms with Gasteiger partial charge in [-0.05, 0) is 32.4 Å². The van der Waals surface area contributed by atoms with Crippen LogP contribution in [0.2, 0.25) is 0 Å². The molecule has 0 aliphatic carbocycles. The fourth-order valence-corrected chi connectivity index (χ4v) is 4.21. The Labute approximate surface area is 126 Å². The molecular formula is C13H25N5O2S. The molecule has 3 N–H and O–H groups in total. The molecule has 0 spiro atoms. The zero-order valence-electron chi connectivity index (χ0n) is 12.7. The molecule has 2 rings (SSSR count). The number of rotatable bonds is 5. The minimum absolute atomic E-state index is 0.284. The average molecular weight is 315 g/mol. The second-order valence-corrected chi connectivity index (χ2v) is 7.66. The van der Waals surface area contributed by atoms with Gasteiger partial charge in [0, 0.05) is 26.2 Å². The summed E-state index contributed by atoms with van der Waals surface area (Å²) in [4.78, 5) is 2.58. The van der Waals surface area contributed by atoms with Crippen LogP contribution in [0.5, 0.6) is 0 Å². The molecule has 0 amide bonds. The number of aryl methyl sites for hydroxylation is 1. The summed E-state index contributed by atoms with van der Waals surface area (Å²) < 4.78 is 26.8. The smallest absolute Gasteiger partial charge is 0.246 e. The Bertz CT molecular complexity index is 557. The van der Waals surface area contributed by atoms with Crippen LogP contribution in [-0.4, -0.2) is 67.1 Å². The van der Waals surface area contributed by atoms with E-state index in [0.29, 0.717) is 31.2 Å². The lowest BCUT2D eigenvalue weighted by Gasteiger charge is -2.23. The number of aromatic nitrogens is 2. The summed E-state index contributed by atoms with van der Waals surface area (Å²) in [6.07, 6.45) is 2.23. The van der Waals surface area contributed by atoms with Crippen LogP contribution in [-0.2, 0) is 10.0 Å². The van der Waals surface area contributed by atoms with E-state index >= 15 is 0 Å². The van der Waals surface area contributed by atoms with Crippen molar-refractivity contribution >= 4 is 10.0 Å². The predicted octanol–water partition coefficient (Wildman–Crippen LogP) is 0.00932. The van der Waals surface area contributed by atoms with E-state index in [9.17, 15) is 8.42 Å². The lowest BCUT2D eigenvalue weighted by atomic mass is 10.1. The Kier molecular flexibility index (Phi) is 5.37. The van der Waals surface area contributed by atoms with Crippen LogP contribution in [0.1, 0.15) is 19.0 Å². The van der Waals surface area contributed by atoms with E-state index in [0.717, 1.165) is 26.1 Å². The molecule has 0 aromatic carbocycles. The minimum atomic E-state index is -3.44. The summed E-state index contributed by atoms with van der Waals surface area (Å²) in [6, 6.07) is 0. The van der Waals surface area contributed by atoms with Crippen LogP contribution in [0, 0.1) is 12.8 Å². The van der Waals surface area contributed by atoms with E-state index in [2.05, 4.69) is 22.0 Å². The summed E-state index contributed by atoms with van der Waals surface area (Å²) in [7, 11) is -3.44. The van der Waals surface area contributed by atoms with Crippen molar-refractivity contribution in [1.82, 2.24) is 19.4 Å². The van der Waals surface area contributed by atoms with Gasteiger partial charge in [-0.2, -0.15) is 9.40 Å². The SMILES string of the molecule is Cc1[nH]ncc1S(=O)(=O)N1CCCN(CC(C)CN)CC1. The third-order valence-corrected chi connectivity index (χ3v) is 5.93. The van der Waals surface area contributed by atoms with Gasteiger partial charge in [0.2, 0.25) is 10.0 Å². The maximum atomic E-state index is 12.6. The molecule has 1 aliphatic rings. The summed E-state index contributed by atoms with van der Waals surface area (Å²) in [5.74, 6) is 0.435. The normalized spacial score (nSPS) is 20.3. The highest BCUT2D eigenvalue weighted by Crippen LogP contribution is 2.19. The van der Waals surface area contributed by atoms with Gasteiger partial charge in [-0.1, -0.05) is 6.92 Å². The molecule has 1 unspecified atom stereocenters. The highest BCUT2D eigenvalue weighted by Gasteiger charge is 2.29. The molecule has 1 atom stereocenters. The first-order valence-electron chi connectivity index (χ1n) is 7.37. The van der Waals surface area contributed by atoms with Crippen molar-refractivity contribution in [3.63, 3.8) is 0 Å². The van der Waals surface area contributed by atoms with Gasteiger partial charge in [0.25, 0.3) is 0 Å². The number of nitrogens with zero attached hydrogens (tertiary/aromatic N) is 3. The van der Waals surface area contributed by atoms with Crippen LogP contribution in [0.4, 0.5) is 0 Å². The third-order valence-electron chi connectivity index (χ3n) is 3.92. The van der Waals surface area contributed by atoms with Gasteiger partial charge in [-0.25, -0.2) is 8.42 Å². The molecule has 21 heavy (non-hydrogen) atoms. The summed E-state index contributed by atoms with van der Waals surface area (Å²) >= 11 is 0. The van der Waals surface area contributed by atoms with Crippen molar-refractivity contribution in [2.24, 2.45) is 11.7 Å². The topological polar surface area (TPSA) is 95.3 Å². The minimum Gasteiger partial charge on any atom is -0.330 e. The van der Waals surface area contributed by atoms with Crippen molar-refractivity contribution in [2.75, 3.05) is 39.3 Å². The second-order valence-electron chi connectivity index (χ2n) is 5.76. The first-order valence-corrected chi connectivity index (χ1v) is 8.81. The van der Waals surface area contributed by atoms with Crippen molar-refractivity contribution in [2.45, 2.75) is 25.2 Å². The number of sulfonamides is 1. The monoisotopic (exact) mass is 315 g/mol. The molecule has 0 radical (unpaired) electrons. The molecule has 1 fully saturated rings. The zero-order valence-corrected chi connectivity index (χ0v) is 13.6. The molecule has 1 saturated heterocycles. The second kappa shape index (κ2) is 6.87. The van der Waals surface area contributed by atoms with E-state index < -0.39 is 10.0 Å². The van der Waals surface area contributed by atoms with Crippen molar-refractivity contribution in [3.05, 3.63) is 11.9 Å². The van der Waals surface area contributed by atoms with Gasteiger partial charge >= 0.3 is 0 Å². The highest BCUT2D eigenvalue weighted by molar-refractivity contribution is 7.89. The Morgan fingerprint density at radius 1 is 1.38 bits per heavy atom. The molecule has 8 heteroatoms. The Morgan fingerprint density at radius 3 is 2.76 bits per heavy atom. The molecule has 120 valence electrons. The summed E-state index contributed by atoms with van der Waals surface area (Å²) in [5.41, 5.74) is 6.25. The van der Waals surface area contributed by atoms with Gasteiger partial charge in [0.15, 0.2) is 0 Å². The maximum Gasteiger partial charge on any atom is 0.246 e. The first kappa shape index (κ1) is 16.4. The van der Waals surface area contributed by atoms with Crippen LogP contribution in [0.25, 0.3) is 0 Å². The van der Waals surface area contributed by atoms with E-state index in [-0.39, 0.29) is 4.90 Å². The van der Waals surface area contributed by atoms with Crippen LogP contribution >= 0.6 is 0 Å². The van der Waals surface area contributed by atoms with Crippen LogP contribution < -0.4 is 5.73 Å². The van der Waals surface area contributed by atoms with E-state index in [4.69, 9.17) is 5.73 Å². The lowest BCUT2D eigenvalue weighted by Crippen LogP contribution is -2.37.